The first-order valence-corrected chi connectivity index (χ1v) is 3.50. The van der Waals surface area contributed by atoms with Crippen LogP contribution in [0.15, 0.2) is 4.99 Å². The summed E-state index contributed by atoms with van der Waals surface area (Å²) < 4.78 is 0. The predicted molar refractivity (Wildman–Crippen MR) is 43.1 cm³/mol. The Morgan fingerprint density at radius 2 is 2.20 bits per heavy atom. The van der Waals surface area contributed by atoms with Crippen LogP contribution in [-0.4, -0.2) is 30.7 Å². The third-order valence-electron chi connectivity index (χ3n) is 1.04. The van der Waals surface area contributed by atoms with Gasteiger partial charge in [0.2, 0.25) is 0 Å². The molecule has 0 aliphatic rings. The first-order chi connectivity index (χ1) is 4.91. The normalized spacial score (nSPS) is 10.5. The van der Waals surface area contributed by atoms with Crippen LogP contribution >= 0.6 is 0 Å². The maximum absolute atomic E-state index is 8.32. The Bertz CT molecular complexity index is 102. The minimum absolute atomic E-state index is 0.126. The fraction of sp³-hybridized carbons (Fsp3) is 0.714. The summed E-state index contributed by atoms with van der Waals surface area (Å²) in [7, 11) is 0. The van der Waals surface area contributed by atoms with Crippen molar-refractivity contribution in [1.29, 1.82) is 5.41 Å². The van der Waals surface area contributed by atoms with E-state index < -0.39 is 0 Å². The van der Waals surface area contributed by atoms with Gasteiger partial charge in [-0.15, -0.1) is 0 Å². The minimum atomic E-state index is 0.126. The van der Waals surface area contributed by atoms with E-state index in [-0.39, 0.29) is 6.61 Å². The summed E-state index contributed by atoms with van der Waals surface area (Å²) in [5.74, 6) is 0. The van der Waals surface area contributed by atoms with E-state index in [1.165, 1.54) is 6.21 Å². The van der Waals surface area contributed by atoms with Crippen molar-refractivity contribution in [3.8, 4) is 0 Å². The molecule has 58 valence electrons. The fourth-order valence-electron chi connectivity index (χ4n) is 0.552. The summed E-state index contributed by atoms with van der Waals surface area (Å²) in [6.07, 6.45) is 5.93. The Balaban J connectivity index is 2.94. The van der Waals surface area contributed by atoms with Crippen LogP contribution in [0.1, 0.15) is 19.3 Å². The monoisotopic (exact) mass is 142 g/mol. The van der Waals surface area contributed by atoms with Crippen LogP contribution in [0.2, 0.25) is 0 Å². The van der Waals surface area contributed by atoms with Crippen molar-refractivity contribution in [2.24, 2.45) is 4.99 Å². The lowest BCUT2D eigenvalue weighted by Gasteiger charge is -1.87. The van der Waals surface area contributed by atoms with Gasteiger partial charge in [0.25, 0.3) is 0 Å². The van der Waals surface area contributed by atoms with Crippen molar-refractivity contribution in [1.82, 2.24) is 0 Å². The topological polar surface area (TPSA) is 56.4 Å². The van der Waals surface area contributed by atoms with E-state index in [9.17, 15) is 0 Å². The number of aliphatic hydroxyl groups is 1. The zero-order valence-electron chi connectivity index (χ0n) is 6.08. The van der Waals surface area contributed by atoms with E-state index in [1.807, 2.05) is 0 Å². The number of aliphatic imine (C=N–C) groups is 1. The van der Waals surface area contributed by atoms with Crippen molar-refractivity contribution in [2.75, 3.05) is 13.2 Å². The van der Waals surface area contributed by atoms with Gasteiger partial charge in [0, 0.05) is 0 Å². The van der Waals surface area contributed by atoms with Crippen molar-refractivity contribution in [3.63, 3.8) is 0 Å². The van der Waals surface area contributed by atoms with Gasteiger partial charge in [0.05, 0.1) is 13.2 Å². The number of hydrogen-bond donors (Lipinski definition) is 2. The number of hydrogen-bond acceptors (Lipinski definition) is 3. The van der Waals surface area contributed by atoms with E-state index in [2.05, 4.69) is 4.99 Å². The van der Waals surface area contributed by atoms with Gasteiger partial charge in [-0.05, 0) is 31.7 Å². The Morgan fingerprint density at radius 3 is 2.80 bits per heavy atom. The zero-order valence-corrected chi connectivity index (χ0v) is 6.08. The number of rotatable bonds is 6. The molecule has 0 bridgehead atoms. The molecule has 0 atom stereocenters. The maximum atomic E-state index is 8.32. The van der Waals surface area contributed by atoms with Gasteiger partial charge >= 0.3 is 0 Å². The molecule has 0 unspecified atom stereocenters. The number of nitrogens with zero attached hydrogens (tertiary/aromatic N) is 1. The molecule has 0 rings (SSSR count). The molecule has 0 aromatic rings. The second-order valence-electron chi connectivity index (χ2n) is 1.95. The van der Waals surface area contributed by atoms with Gasteiger partial charge in [-0.3, -0.25) is 4.99 Å². The molecule has 3 nitrogen and oxygen atoms in total. The van der Waals surface area contributed by atoms with Gasteiger partial charge in [0.1, 0.15) is 0 Å². The number of aliphatic hydroxyl groups excluding tert-OH is 1. The SMILES string of the molecule is N=CCCCC=NCCO. The Morgan fingerprint density at radius 1 is 1.40 bits per heavy atom. The van der Waals surface area contributed by atoms with E-state index in [0.29, 0.717) is 6.54 Å². The molecule has 2 N–H and O–H groups in total. The van der Waals surface area contributed by atoms with Crippen molar-refractivity contribution in [2.45, 2.75) is 19.3 Å². The van der Waals surface area contributed by atoms with Crippen molar-refractivity contribution >= 4 is 12.4 Å². The van der Waals surface area contributed by atoms with Crippen LogP contribution in [0.4, 0.5) is 0 Å². The molecule has 0 heterocycles. The second-order valence-corrected chi connectivity index (χ2v) is 1.95. The fourth-order valence-corrected chi connectivity index (χ4v) is 0.552. The molecule has 3 heteroatoms. The summed E-state index contributed by atoms with van der Waals surface area (Å²) >= 11 is 0. The molecule has 0 fully saturated rings. The number of unbranched alkanes of at least 4 members (excludes halogenated alkanes) is 2. The lowest BCUT2D eigenvalue weighted by atomic mass is 10.3. The molecule has 0 aliphatic carbocycles. The molecular formula is C7H14N2O. The van der Waals surface area contributed by atoms with Gasteiger partial charge < -0.3 is 10.5 Å². The lowest BCUT2D eigenvalue weighted by molar-refractivity contribution is 0.307. The quantitative estimate of drug-likeness (QED) is 0.419. The highest BCUT2D eigenvalue weighted by atomic mass is 16.3. The smallest absolute Gasteiger partial charge is 0.0626 e. The Kier molecular flexibility index (Phi) is 7.72. The first kappa shape index (κ1) is 9.30. The molecule has 10 heavy (non-hydrogen) atoms. The van der Waals surface area contributed by atoms with Crippen LogP contribution in [0.3, 0.4) is 0 Å². The molecule has 0 aromatic heterocycles. The molecule has 0 saturated carbocycles. The van der Waals surface area contributed by atoms with E-state index in [0.717, 1.165) is 19.3 Å². The molecule has 0 amide bonds. The largest absolute Gasteiger partial charge is 0.394 e. The average molecular weight is 142 g/mol. The highest BCUT2D eigenvalue weighted by molar-refractivity contribution is 5.59. The zero-order chi connectivity index (χ0) is 7.66. The van der Waals surface area contributed by atoms with Crippen LogP contribution in [-0.2, 0) is 0 Å². The molecular weight excluding hydrogens is 128 g/mol. The van der Waals surface area contributed by atoms with Crippen LogP contribution in [0.5, 0.6) is 0 Å². The van der Waals surface area contributed by atoms with E-state index in [4.69, 9.17) is 10.5 Å². The van der Waals surface area contributed by atoms with Crippen molar-refractivity contribution in [3.05, 3.63) is 0 Å². The highest BCUT2D eigenvalue weighted by Gasteiger charge is 1.79. The average Bonchev–Trinajstić information content (AvgIpc) is 1.97. The summed E-state index contributed by atoms with van der Waals surface area (Å²) in [6, 6.07) is 0. The van der Waals surface area contributed by atoms with Crippen LogP contribution in [0, 0.1) is 5.41 Å². The summed E-state index contributed by atoms with van der Waals surface area (Å²) in [5.41, 5.74) is 0. The molecule has 0 saturated heterocycles. The second kappa shape index (κ2) is 8.30. The maximum Gasteiger partial charge on any atom is 0.0626 e. The van der Waals surface area contributed by atoms with Crippen LogP contribution < -0.4 is 0 Å². The molecule has 0 aromatic carbocycles. The number of nitrogens with one attached hydrogen (secondary N) is 1. The van der Waals surface area contributed by atoms with E-state index in [1.54, 1.807) is 6.21 Å². The minimum Gasteiger partial charge on any atom is -0.394 e. The molecule has 0 radical (unpaired) electrons. The van der Waals surface area contributed by atoms with Gasteiger partial charge in [-0.1, -0.05) is 0 Å². The Hall–Kier alpha value is -0.700. The third-order valence-corrected chi connectivity index (χ3v) is 1.04. The standard InChI is InChI=1S/C7H14N2O/c8-4-2-1-3-5-9-6-7-10/h4-5,8,10H,1-3,6-7H2. The summed E-state index contributed by atoms with van der Waals surface area (Å²) in [4.78, 5) is 3.91. The molecule has 0 spiro atoms. The van der Waals surface area contributed by atoms with Gasteiger partial charge in [-0.2, -0.15) is 0 Å². The van der Waals surface area contributed by atoms with Gasteiger partial charge in [-0.25, -0.2) is 0 Å². The summed E-state index contributed by atoms with van der Waals surface area (Å²) in [6.45, 7) is 0.631. The lowest BCUT2D eigenvalue weighted by Crippen LogP contribution is -1.87. The third kappa shape index (κ3) is 7.30. The Labute approximate surface area is 61.3 Å². The summed E-state index contributed by atoms with van der Waals surface area (Å²) in [5, 5.41) is 15.0. The highest BCUT2D eigenvalue weighted by Crippen LogP contribution is 1.88. The first-order valence-electron chi connectivity index (χ1n) is 3.50. The van der Waals surface area contributed by atoms with E-state index >= 15 is 0 Å². The van der Waals surface area contributed by atoms with Crippen molar-refractivity contribution < 1.29 is 5.11 Å². The van der Waals surface area contributed by atoms with Crippen LogP contribution in [0.25, 0.3) is 0 Å². The predicted octanol–water partition coefficient (Wildman–Crippen LogP) is 0.869. The van der Waals surface area contributed by atoms with Gasteiger partial charge in [0.15, 0.2) is 0 Å². The molecule has 0 aliphatic heterocycles.